The van der Waals surface area contributed by atoms with Gasteiger partial charge in [-0.1, -0.05) is 12.1 Å². The molecule has 1 aliphatic rings. The molecule has 1 aromatic carbocycles. The van der Waals surface area contributed by atoms with Gasteiger partial charge in [0.05, 0.1) is 6.61 Å². The summed E-state index contributed by atoms with van der Waals surface area (Å²) in [5.74, 6) is -1.65. The number of carbonyl (C=O) groups is 2. The lowest BCUT2D eigenvalue weighted by atomic mass is 9.99. The second-order valence-electron chi connectivity index (χ2n) is 5.19. The molecule has 0 saturated carbocycles. The van der Waals surface area contributed by atoms with E-state index in [-0.39, 0.29) is 11.3 Å². The van der Waals surface area contributed by atoms with E-state index in [1.165, 1.54) is 25.1 Å². The van der Waals surface area contributed by atoms with Gasteiger partial charge in [0.1, 0.15) is 35.7 Å². The average Bonchev–Trinajstić information content (AvgIpc) is 2.55. The summed E-state index contributed by atoms with van der Waals surface area (Å²) in [6, 6.07) is 5.77. The normalized spacial score (nSPS) is 29.8. The van der Waals surface area contributed by atoms with Crippen molar-refractivity contribution in [3.05, 3.63) is 29.8 Å². The lowest BCUT2D eigenvalue weighted by Crippen LogP contribution is -2.59. The standard InChI is InChI=1S/C15H18O9/c1-7(17)22-9-5-3-2-4-8(9)14(21)24-15-13(20)12(19)11(18)10(6-16)23-15/h2-5,10-13,15-16,18-20H,6H2,1H3/t10-,11-,12+,13-,15-/m1/s1. The number of rotatable bonds is 4. The minimum absolute atomic E-state index is 0.0420. The van der Waals surface area contributed by atoms with Crippen molar-refractivity contribution in [2.45, 2.75) is 37.6 Å². The van der Waals surface area contributed by atoms with Crippen LogP contribution in [0.2, 0.25) is 0 Å². The number of ether oxygens (including phenoxy) is 3. The van der Waals surface area contributed by atoms with Crippen molar-refractivity contribution in [2.75, 3.05) is 6.61 Å². The van der Waals surface area contributed by atoms with Gasteiger partial charge < -0.3 is 34.6 Å². The SMILES string of the molecule is CC(=O)Oc1ccccc1C(=O)O[C@H]1O[C@H](CO)[C@@H](O)[C@H](O)[C@H]1O. The Morgan fingerprint density at radius 2 is 1.79 bits per heavy atom. The number of aliphatic hydroxyl groups excluding tert-OH is 4. The van der Waals surface area contributed by atoms with Crippen molar-refractivity contribution in [3.63, 3.8) is 0 Å². The number of hydrogen-bond acceptors (Lipinski definition) is 9. The quantitative estimate of drug-likeness (QED) is 0.382. The smallest absolute Gasteiger partial charge is 0.344 e. The molecule has 9 nitrogen and oxygen atoms in total. The molecular weight excluding hydrogens is 324 g/mol. The zero-order valence-corrected chi connectivity index (χ0v) is 12.7. The summed E-state index contributed by atoms with van der Waals surface area (Å²) in [6.07, 6.45) is -7.76. The van der Waals surface area contributed by atoms with Crippen LogP contribution in [0.4, 0.5) is 0 Å². The number of aliphatic hydroxyl groups is 4. The Morgan fingerprint density at radius 3 is 2.42 bits per heavy atom. The van der Waals surface area contributed by atoms with Crippen molar-refractivity contribution in [1.29, 1.82) is 0 Å². The summed E-state index contributed by atoms with van der Waals surface area (Å²) < 4.78 is 15.0. The van der Waals surface area contributed by atoms with Gasteiger partial charge in [-0.25, -0.2) is 4.79 Å². The highest BCUT2D eigenvalue weighted by Crippen LogP contribution is 2.25. The maximum atomic E-state index is 12.2. The molecule has 0 bridgehead atoms. The molecule has 1 heterocycles. The summed E-state index contributed by atoms with van der Waals surface area (Å²) >= 11 is 0. The van der Waals surface area contributed by atoms with E-state index in [1.807, 2.05) is 0 Å². The van der Waals surface area contributed by atoms with Crippen LogP contribution in [-0.2, 0) is 14.3 Å². The van der Waals surface area contributed by atoms with Gasteiger partial charge in [-0.3, -0.25) is 4.79 Å². The zero-order chi connectivity index (χ0) is 17.9. The fourth-order valence-corrected chi connectivity index (χ4v) is 2.21. The molecule has 9 heteroatoms. The zero-order valence-electron chi connectivity index (χ0n) is 12.7. The Kier molecular flexibility index (Phi) is 5.86. The van der Waals surface area contributed by atoms with Crippen LogP contribution >= 0.6 is 0 Å². The van der Waals surface area contributed by atoms with E-state index in [0.717, 1.165) is 0 Å². The Labute approximate surface area is 137 Å². The summed E-state index contributed by atoms with van der Waals surface area (Å²) in [5.41, 5.74) is -0.0929. The summed E-state index contributed by atoms with van der Waals surface area (Å²) in [4.78, 5) is 23.3. The fourth-order valence-electron chi connectivity index (χ4n) is 2.21. The van der Waals surface area contributed by atoms with Crippen LogP contribution in [0.3, 0.4) is 0 Å². The van der Waals surface area contributed by atoms with Crippen molar-refractivity contribution < 1.29 is 44.2 Å². The van der Waals surface area contributed by atoms with Crippen molar-refractivity contribution in [1.82, 2.24) is 0 Å². The van der Waals surface area contributed by atoms with E-state index in [4.69, 9.17) is 19.3 Å². The van der Waals surface area contributed by atoms with Gasteiger partial charge in [0.15, 0.2) is 0 Å². The highest BCUT2D eigenvalue weighted by atomic mass is 16.7. The molecule has 0 aliphatic carbocycles. The Morgan fingerprint density at radius 1 is 1.12 bits per heavy atom. The summed E-state index contributed by atoms with van der Waals surface area (Å²) in [7, 11) is 0. The molecule has 0 radical (unpaired) electrons. The predicted octanol–water partition coefficient (Wildman–Crippen LogP) is -1.43. The van der Waals surface area contributed by atoms with Crippen LogP contribution < -0.4 is 4.74 Å². The van der Waals surface area contributed by atoms with Crippen LogP contribution in [0.25, 0.3) is 0 Å². The third-order valence-corrected chi connectivity index (χ3v) is 3.43. The first kappa shape index (κ1) is 18.3. The highest BCUT2D eigenvalue weighted by Gasteiger charge is 2.45. The molecule has 1 fully saturated rings. The van der Waals surface area contributed by atoms with Gasteiger partial charge in [0.2, 0.25) is 6.29 Å². The van der Waals surface area contributed by atoms with Crippen LogP contribution in [0, 0.1) is 0 Å². The van der Waals surface area contributed by atoms with Gasteiger partial charge in [0, 0.05) is 6.92 Å². The molecular formula is C15H18O9. The maximum absolute atomic E-state index is 12.2. The number of carbonyl (C=O) groups excluding carboxylic acids is 2. The van der Waals surface area contributed by atoms with Gasteiger partial charge >= 0.3 is 11.9 Å². The number of esters is 2. The van der Waals surface area contributed by atoms with E-state index >= 15 is 0 Å². The van der Waals surface area contributed by atoms with E-state index in [1.54, 1.807) is 6.07 Å². The van der Waals surface area contributed by atoms with Gasteiger partial charge in [-0.15, -0.1) is 0 Å². The minimum Gasteiger partial charge on any atom is -0.429 e. The third kappa shape index (κ3) is 3.89. The Hall–Kier alpha value is -2.04. The molecule has 0 aromatic heterocycles. The molecule has 5 atom stereocenters. The topological polar surface area (TPSA) is 143 Å². The van der Waals surface area contributed by atoms with Crippen LogP contribution in [0.1, 0.15) is 17.3 Å². The van der Waals surface area contributed by atoms with E-state index < -0.39 is 49.3 Å². The molecule has 2 rings (SSSR count). The highest BCUT2D eigenvalue weighted by molar-refractivity contribution is 5.93. The second-order valence-corrected chi connectivity index (χ2v) is 5.19. The fraction of sp³-hybridized carbons (Fsp3) is 0.467. The summed E-state index contributed by atoms with van der Waals surface area (Å²) in [5, 5.41) is 38.3. The molecule has 1 aromatic rings. The maximum Gasteiger partial charge on any atom is 0.344 e. The molecule has 4 N–H and O–H groups in total. The monoisotopic (exact) mass is 342 g/mol. The van der Waals surface area contributed by atoms with E-state index in [0.29, 0.717) is 0 Å². The van der Waals surface area contributed by atoms with Gasteiger partial charge in [0.25, 0.3) is 0 Å². The van der Waals surface area contributed by atoms with Gasteiger partial charge in [-0.05, 0) is 12.1 Å². The predicted molar refractivity (Wildman–Crippen MR) is 76.9 cm³/mol. The molecule has 0 amide bonds. The van der Waals surface area contributed by atoms with Crippen molar-refractivity contribution in [2.24, 2.45) is 0 Å². The third-order valence-electron chi connectivity index (χ3n) is 3.43. The van der Waals surface area contributed by atoms with Crippen LogP contribution in [0.5, 0.6) is 5.75 Å². The molecule has 0 unspecified atom stereocenters. The summed E-state index contributed by atoms with van der Waals surface area (Å²) in [6.45, 7) is 0.517. The number of benzene rings is 1. The lowest BCUT2D eigenvalue weighted by molar-refractivity contribution is -0.285. The lowest BCUT2D eigenvalue weighted by Gasteiger charge is -2.39. The van der Waals surface area contributed by atoms with E-state index in [2.05, 4.69) is 0 Å². The number of para-hydroxylation sites is 1. The van der Waals surface area contributed by atoms with Crippen molar-refractivity contribution in [3.8, 4) is 5.75 Å². The largest absolute Gasteiger partial charge is 0.429 e. The minimum atomic E-state index is -1.72. The molecule has 24 heavy (non-hydrogen) atoms. The molecule has 0 spiro atoms. The number of hydrogen-bond donors (Lipinski definition) is 4. The molecule has 132 valence electrons. The van der Waals surface area contributed by atoms with E-state index in [9.17, 15) is 24.9 Å². The average molecular weight is 342 g/mol. The first-order valence-corrected chi connectivity index (χ1v) is 7.14. The van der Waals surface area contributed by atoms with Gasteiger partial charge in [-0.2, -0.15) is 0 Å². The Bertz CT molecular complexity index is 600. The Balaban J connectivity index is 2.16. The van der Waals surface area contributed by atoms with Crippen LogP contribution in [-0.4, -0.2) is 69.7 Å². The first-order valence-electron chi connectivity index (χ1n) is 7.14. The van der Waals surface area contributed by atoms with Crippen LogP contribution in [0.15, 0.2) is 24.3 Å². The van der Waals surface area contributed by atoms with Crippen molar-refractivity contribution >= 4 is 11.9 Å². The molecule has 1 aliphatic heterocycles. The first-order chi connectivity index (χ1) is 11.3. The second kappa shape index (κ2) is 7.69. The molecule has 1 saturated heterocycles.